The number of anilines is 4. The van der Waals surface area contributed by atoms with Crippen LogP contribution in [0.4, 0.5) is 22.7 Å². The van der Waals surface area contributed by atoms with Gasteiger partial charge in [-0.05, 0) is 165 Å². The van der Waals surface area contributed by atoms with Gasteiger partial charge in [-0.15, -0.1) is 11.3 Å². The van der Waals surface area contributed by atoms with Gasteiger partial charge < -0.3 is 10.0 Å². The Morgan fingerprint density at radius 2 is 0.854 bits per heavy atom. The molecule has 7 heteroatoms. The monoisotopic (exact) mass is 1080 g/mol. The first-order valence-corrected chi connectivity index (χ1v) is 28.7. The molecule has 1 amide bonds. The number of hydrazone groups is 1. The third-order valence-corrected chi connectivity index (χ3v) is 17.9. The molecule has 2 aliphatic carbocycles. The van der Waals surface area contributed by atoms with E-state index in [0.29, 0.717) is 5.69 Å². The molecule has 0 bridgehead atoms. The number of hydrogen-bond acceptors (Lipinski definition) is 5. The summed E-state index contributed by atoms with van der Waals surface area (Å²) in [5, 5.41) is 15.6. The molecule has 6 nitrogen and oxygen atoms in total. The van der Waals surface area contributed by atoms with Crippen LogP contribution in [0.15, 0.2) is 284 Å². The summed E-state index contributed by atoms with van der Waals surface area (Å²) in [6, 6.07) is 97.9. The van der Waals surface area contributed by atoms with Gasteiger partial charge in [0.05, 0.1) is 11.3 Å². The second kappa shape index (κ2) is 20.9. The fraction of sp³-hybridized carbons (Fsp3) is 0.0800. The molecular formula is C75H55N3O3S. The molecule has 0 saturated carbocycles. The normalized spacial score (nSPS) is 14.7. The average Bonchev–Trinajstić information content (AvgIpc) is 2.95. The number of fused-ring (bicyclic) bond motifs is 6. The highest BCUT2D eigenvalue weighted by atomic mass is 32.1. The highest BCUT2D eigenvalue weighted by molar-refractivity contribution is 7.16. The topological polar surface area (TPSA) is 73.2 Å². The first kappa shape index (κ1) is 50.3. The van der Waals surface area contributed by atoms with Crippen molar-refractivity contribution in [3.05, 3.63) is 328 Å². The highest BCUT2D eigenvalue weighted by Crippen LogP contribution is 2.56. The molecular weight excluding hydrogens is 1020 g/mol. The largest absolute Gasteiger partial charge is 0.476 e. The zero-order valence-corrected chi connectivity index (χ0v) is 45.7. The van der Waals surface area contributed by atoms with Crippen LogP contribution in [0, 0.1) is 0 Å². The van der Waals surface area contributed by atoms with Gasteiger partial charge in [-0.25, -0.2) is 4.79 Å². The first-order valence-electron chi connectivity index (χ1n) is 27.9. The number of carbonyl (C=O) groups excluding carboxylic acids is 1. The van der Waals surface area contributed by atoms with Crippen LogP contribution in [-0.4, -0.2) is 22.7 Å². The molecule has 0 saturated heterocycles. The van der Waals surface area contributed by atoms with Crippen molar-refractivity contribution >= 4 is 57.8 Å². The summed E-state index contributed by atoms with van der Waals surface area (Å²) < 4.78 is 0. The van der Waals surface area contributed by atoms with Crippen LogP contribution in [0.5, 0.6) is 0 Å². The molecule has 82 heavy (non-hydrogen) atoms. The van der Waals surface area contributed by atoms with Gasteiger partial charge >= 0.3 is 5.97 Å². The maximum Gasteiger partial charge on any atom is 0.357 e. The van der Waals surface area contributed by atoms with Gasteiger partial charge in [0.25, 0.3) is 5.91 Å². The number of benzene rings is 10. The molecule has 2 heterocycles. The van der Waals surface area contributed by atoms with Gasteiger partial charge in [-0.3, -0.25) is 4.79 Å². The van der Waals surface area contributed by atoms with E-state index in [1.165, 1.54) is 78.1 Å². The number of amides is 1. The number of carboxylic acid groups (broad SMARTS) is 1. The number of aliphatic carboxylic acids is 1. The van der Waals surface area contributed by atoms with Crippen LogP contribution in [0.25, 0.3) is 38.8 Å². The van der Waals surface area contributed by atoms with Crippen molar-refractivity contribution in [3.63, 3.8) is 0 Å². The van der Waals surface area contributed by atoms with E-state index >= 15 is 0 Å². The Bertz CT molecular complexity index is 4000. The summed E-state index contributed by atoms with van der Waals surface area (Å²) >= 11 is 1.50. The van der Waals surface area contributed by atoms with Crippen LogP contribution >= 0.6 is 11.3 Å². The van der Waals surface area contributed by atoms with Crippen LogP contribution in [0.1, 0.15) is 49.4 Å². The van der Waals surface area contributed by atoms with Gasteiger partial charge in [0, 0.05) is 37.6 Å². The third-order valence-electron chi connectivity index (χ3n) is 16.8. The number of thiophene rings is 1. The van der Waals surface area contributed by atoms with E-state index in [0.717, 1.165) is 63.1 Å². The lowest BCUT2D eigenvalue weighted by Crippen LogP contribution is -2.31. The molecule has 11 aromatic rings. The van der Waals surface area contributed by atoms with Crippen molar-refractivity contribution in [1.82, 2.24) is 0 Å². The molecule has 14 rings (SSSR count). The number of hydrogen-bond donors (Lipinski definition) is 1. The lowest BCUT2D eigenvalue weighted by atomic mass is 9.69. The molecule has 0 atom stereocenters. The average molecular weight is 1080 g/mol. The van der Waals surface area contributed by atoms with Crippen LogP contribution in [0.2, 0.25) is 0 Å². The van der Waals surface area contributed by atoms with Crippen molar-refractivity contribution in [1.29, 1.82) is 0 Å². The van der Waals surface area contributed by atoms with E-state index in [1.807, 2.05) is 18.2 Å². The minimum Gasteiger partial charge on any atom is -0.476 e. The molecule has 1 N–H and O–H groups in total. The molecule has 1 aliphatic heterocycles. The van der Waals surface area contributed by atoms with Gasteiger partial charge in [-0.1, -0.05) is 212 Å². The molecule has 0 spiro atoms. The van der Waals surface area contributed by atoms with Crippen molar-refractivity contribution in [2.45, 2.75) is 36.5 Å². The Hall–Kier alpha value is -9.95. The van der Waals surface area contributed by atoms with Crippen molar-refractivity contribution in [3.8, 4) is 32.7 Å². The van der Waals surface area contributed by atoms with E-state index in [1.54, 1.807) is 30.3 Å². The molecule has 3 aliphatic rings. The Morgan fingerprint density at radius 1 is 0.451 bits per heavy atom. The summed E-state index contributed by atoms with van der Waals surface area (Å²) in [6.07, 6.45) is 4.95. The molecule has 0 radical (unpaired) electrons. The number of rotatable bonds is 15. The fourth-order valence-electron chi connectivity index (χ4n) is 13.2. The second-order valence-electron chi connectivity index (χ2n) is 21.7. The number of carbonyl (C=O) groups is 2. The van der Waals surface area contributed by atoms with Gasteiger partial charge in [-0.2, -0.15) is 10.1 Å². The van der Waals surface area contributed by atoms with Crippen LogP contribution < -0.4 is 9.91 Å². The smallest absolute Gasteiger partial charge is 0.357 e. The maximum absolute atomic E-state index is 13.8. The lowest BCUT2D eigenvalue weighted by Gasteiger charge is -2.35. The van der Waals surface area contributed by atoms with Crippen molar-refractivity contribution in [2.75, 3.05) is 9.91 Å². The minimum absolute atomic E-state index is 0.0405. The van der Waals surface area contributed by atoms with Crippen LogP contribution in [0.3, 0.4) is 0 Å². The molecule has 394 valence electrons. The highest BCUT2D eigenvalue weighted by Gasteiger charge is 2.46. The molecule has 0 fully saturated rings. The maximum atomic E-state index is 13.8. The molecule has 10 aromatic carbocycles. The van der Waals surface area contributed by atoms with E-state index in [4.69, 9.17) is 0 Å². The Labute approximate surface area is 481 Å². The molecule has 0 unspecified atom stereocenters. The Balaban J connectivity index is 0.923. The Kier molecular flexibility index (Phi) is 12.8. The van der Waals surface area contributed by atoms with Crippen LogP contribution in [-0.2, 0) is 46.1 Å². The summed E-state index contributed by atoms with van der Waals surface area (Å²) in [6.45, 7) is 0. The Morgan fingerprint density at radius 3 is 1.30 bits per heavy atom. The minimum atomic E-state index is -1.26. The summed E-state index contributed by atoms with van der Waals surface area (Å²) in [5.41, 5.74) is 19.1. The van der Waals surface area contributed by atoms with E-state index in [-0.39, 0.29) is 22.1 Å². The lowest BCUT2D eigenvalue weighted by molar-refractivity contribution is -0.129. The zero-order chi connectivity index (χ0) is 55.2. The second-order valence-corrected chi connectivity index (χ2v) is 22.8. The quantitative estimate of drug-likeness (QED) is 0.104. The molecule has 1 aromatic heterocycles. The van der Waals surface area contributed by atoms with E-state index in [9.17, 15) is 14.7 Å². The predicted octanol–water partition coefficient (Wildman–Crippen LogP) is 17.3. The van der Waals surface area contributed by atoms with Gasteiger partial charge in [0.15, 0.2) is 5.71 Å². The summed E-state index contributed by atoms with van der Waals surface area (Å²) in [7, 11) is 0. The van der Waals surface area contributed by atoms with Crippen molar-refractivity contribution in [2.24, 2.45) is 5.10 Å². The van der Waals surface area contributed by atoms with Crippen molar-refractivity contribution < 1.29 is 14.7 Å². The van der Waals surface area contributed by atoms with E-state index in [2.05, 4.69) is 241 Å². The standard InChI is InChI=1S/C75H55N3O3S/c79-72-65(71(73(80)81)76-78(72)57-28-14-5-15-29-57)46-60-40-43-70(82-60)55-34-36-56(37-35-55)77(58-38-41-63-61-30-16-18-32-66(61)74(68(63)44-58,47-51-20-6-1-7-21-51)48-52-22-8-2-9-23-52)59-39-42-64-62-31-17-19-33-67(62)75(69(64)45-59,49-53-24-10-3-11-25-53)50-54-26-12-4-13-27-54/h1-46H,47-50H2,(H,80,81). The number of nitrogens with zero attached hydrogens (tertiary/aromatic N) is 3. The summed E-state index contributed by atoms with van der Waals surface area (Å²) in [5.74, 6) is -1.74. The predicted molar refractivity (Wildman–Crippen MR) is 334 cm³/mol. The number of para-hydroxylation sites is 1. The van der Waals surface area contributed by atoms with Gasteiger partial charge in [0.2, 0.25) is 0 Å². The zero-order valence-electron chi connectivity index (χ0n) is 44.9. The summed E-state index contributed by atoms with van der Waals surface area (Å²) in [4.78, 5) is 30.4. The first-order chi connectivity index (χ1) is 40.3. The fourth-order valence-corrected chi connectivity index (χ4v) is 14.2. The third kappa shape index (κ3) is 8.96. The van der Waals surface area contributed by atoms with E-state index < -0.39 is 11.9 Å². The SMILES string of the molecule is O=C(O)C1=NN(c2ccccc2)C(=O)C1=Cc1ccc(-c2ccc(N(c3ccc4c(c3)C(Cc3ccccc3)(Cc3ccccc3)c3ccccc3-4)c3ccc4c(c3)C(Cc3ccccc3)(Cc3ccccc3)c3ccccc3-4)cc2)s1. The number of carboxylic acids is 1. The van der Waals surface area contributed by atoms with Gasteiger partial charge in [0.1, 0.15) is 0 Å².